The molecular formula is C13H9ClFN3O3. The molecule has 21 heavy (non-hydrogen) atoms. The highest BCUT2D eigenvalue weighted by atomic mass is 35.5. The van der Waals surface area contributed by atoms with Crippen molar-refractivity contribution in [3.63, 3.8) is 0 Å². The van der Waals surface area contributed by atoms with E-state index in [2.05, 4.69) is 10.3 Å². The molecule has 0 radical (unpaired) electrons. The van der Waals surface area contributed by atoms with Crippen LogP contribution < -0.4 is 5.32 Å². The van der Waals surface area contributed by atoms with Crippen molar-refractivity contribution in [2.75, 3.05) is 5.32 Å². The number of nitrogens with one attached hydrogen (secondary N) is 1. The van der Waals surface area contributed by atoms with Gasteiger partial charge in [0.1, 0.15) is 17.2 Å². The van der Waals surface area contributed by atoms with E-state index in [4.69, 9.17) is 11.6 Å². The third kappa shape index (κ3) is 3.32. The molecule has 0 fully saturated rings. The maximum Gasteiger partial charge on any atom is 0.288 e. The molecule has 0 aliphatic heterocycles. The number of hydrogen-bond donors (Lipinski definition) is 1. The molecule has 0 bridgehead atoms. The van der Waals surface area contributed by atoms with Gasteiger partial charge in [-0.25, -0.2) is 9.37 Å². The third-order valence-electron chi connectivity index (χ3n) is 2.72. The SMILES string of the molecule is Cc1cc(F)ccc1NC(=O)c1cc([N+](=O)[O-])cnc1Cl. The molecule has 1 aromatic carbocycles. The Bertz CT molecular complexity index is 737. The normalized spacial score (nSPS) is 10.2. The molecule has 8 heteroatoms. The van der Waals surface area contributed by atoms with E-state index in [1.807, 2.05) is 0 Å². The zero-order chi connectivity index (χ0) is 15.6. The highest BCUT2D eigenvalue weighted by molar-refractivity contribution is 6.33. The summed E-state index contributed by atoms with van der Waals surface area (Å²) < 4.78 is 13.0. The topological polar surface area (TPSA) is 85.1 Å². The molecule has 2 aromatic rings. The van der Waals surface area contributed by atoms with Gasteiger partial charge < -0.3 is 5.32 Å². The number of carbonyl (C=O) groups excluding carboxylic acids is 1. The molecular weight excluding hydrogens is 301 g/mol. The van der Waals surface area contributed by atoms with E-state index < -0.39 is 16.6 Å². The van der Waals surface area contributed by atoms with Gasteiger partial charge in [-0.05, 0) is 30.7 Å². The van der Waals surface area contributed by atoms with E-state index in [1.54, 1.807) is 6.92 Å². The number of nitro groups is 1. The zero-order valence-corrected chi connectivity index (χ0v) is 11.5. The van der Waals surface area contributed by atoms with Crippen LogP contribution in [0.5, 0.6) is 0 Å². The molecule has 0 saturated carbocycles. The minimum absolute atomic E-state index is 0.130. The Kier molecular flexibility index (Phi) is 4.13. The van der Waals surface area contributed by atoms with Crippen LogP contribution in [0.15, 0.2) is 30.5 Å². The second-order valence-electron chi connectivity index (χ2n) is 4.20. The van der Waals surface area contributed by atoms with E-state index in [-0.39, 0.29) is 16.4 Å². The van der Waals surface area contributed by atoms with Crippen molar-refractivity contribution < 1.29 is 14.1 Å². The fraction of sp³-hybridized carbons (Fsp3) is 0.0769. The van der Waals surface area contributed by atoms with Gasteiger partial charge in [0.25, 0.3) is 11.6 Å². The maximum atomic E-state index is 13.0. The van der Waals surface area contributed by atoms with Crippen molar-refractivity contribution in [1.82, 2.24) is 4.98 Å². The van der Waals surface area contributed by atoms with Gasteiger partial charge in [0.2, 0.25) is 0 Å². The summed E-state index contributed by atoms with van der Waals surface area (Å²) in [6, 6.07) is 4.86. The molecule has 1 heterocycles. The number of amides is 1. The van der Waals surface area contributed by atoms with Crippen LogP contribution in [0.3, 0.4) is 0 Å². The van der Waals surface area contributed by atoms with Crippen LogP contribution in [-0.2, 0) is 0 Å². The molecule has 0 aliphatic rings. The molecule has 0 aliphatic carbocycles. The van der Waals surface area contributed by atoms with Crippen molar-refractivity contribution in [2.45, 2.75) is 6.92 Å². The van der Waals surface area contributed by atoms with Crippen LogP contribution in [0.25, 0.3) is 0 Å². The van der Waals surface area contributed by atoms with Crippen molar-refractivity contribution in [3.05, 3.63) is 62.7 Å². The van der Waals surface area contributed by atoms with E-state index >= 15 is 0 Å². The second kappa shape index (κ2) is 5.84. The summed E-state index contributed by atoms with van der Waals surface area (Å²) >= 11 is 5.77. The molecule has 0 unspecified atom stereocenters. The maximum absolute atomic E-state index is 13.0. The fourth-order valence-electron chi connectivity index (χ4n) is 1.65. The van der Waals surface area contributed by atoms with Crippen LogP contribution in [0.1, 0.15) is 15.9 Å². The number of aryl methyl sites for hydroxylation is 1. The molecule has 1 aromatic heterocycles. The number of benzene rings is 1. The number of aromatic nitrogens is 1. The summed E-state index contributed by atoms with van der Waals surface area (Å²) in [5.41, 5.74) is 0.414. The number of nitrogens with zero attached hydrogens (tertiary/aromatic N) is 2. The van der Waals surface area contributed by atoms with Gasteiger partial charge in [0, 0.05) is 11.8 Å². The van der Waals surface area contributed by atoms with Crippen LogP contribution in [0, 0.1) is 22.9 Å². The molecule has 1 N–H and O–H groups in total. The smallest absolute Gasteiger partial charge is 0.288 e. The van der Waals surface area contributed by atoms with Gasteiger partial charge in [0.15, 0.2) is 0 Å². The summed E-state index contributed by atoms with van der Waals surface area (Å²) in [6.45, 7) is 1.62. The quantitative estimate of drug-likeness (QED) is 0.535. The third-order valence-corrected chi connectivity index (χ3v) is 3.02. The molecule has 0 spiro atoms. The summed E-state index contributed by atoms with van der Waals surface area (Å²) in [6.07, 6.45) is 0.961. The molecule has 2 rings (SSSR count). The number of carbonyl (C=O) groups is 1. The lowest BCUT2D eigenvalue weighted by Crippen LogP contribution is -2.14. The van der Waals surface area contributed by atoms with E-state index in [9.17, 15) is 19.3 Å². The number of halogens is 2. The summed E-state index contributed by atoms with van der Waals surface area (Å²) in [7, 11) is 0. The van der Waals surface area contributed by atoms with Gasteiger partial charge in [-0.2, -0.15) is 0 Å². The lowest BCUT2D eigenvalue weighted by molar-refractivity contribution is -0.385. The minimum Gasteiger partial charge on any atom is -0.322 e. The molecule has 0 saturated heterocycles. The van der Waals surface area contributed by atoms with Crippen molar-refractivity contribution in [1.29, 1.82) is 0 Å². The van der Waals surface area contributed by atoms with E-state index in [0.29, 0.717) is 11.3 Å². The monoisotopic (exact) mass is 309 g/mol. The lowest BCUT2D eigenvalue weighted by Gasteiger charge is -2.09. The van der Waals surface area contributed by atoms with Crippen molar-refractivity contribution in [2.24, 2.45) is 0 Å². The number of pyridine rings is 1. The Labute approximate surface area is 123 Å². The number of rotatable bonds is 3. The average molecular weight is 310 g/mol. The van der Waals surface area contributed by atoms with Crippen LogP contribution in [-0.4, -0.2) is 15.8 Å². The van der Waals surface area contributed by atoms with E-state index in [1.165, 1.54) is 18.2 Å². The first kappa shape index (κ1) is 14.9. The van der Waals surface area contributed by atoms with Gasteiger partial charge in [-0.3, -0.25) is 14.9 Å². The molecule has 6 nitrogen and oxygen atoms in total. The Hall–Kier alpha value is -2.54. The zero-order valence-electron chi connectivity index (χ0n) is 10.8. The van der Waals surface area contributed by atoms with Gasteiger partial charge >= 0.3 is 0 Å². The second-order valence-corrected chi connectivity index (χ2v) is 4.56. The van der Waals surface area contributed by atoms with Crippen LogP contribution in [0.2, 0.25) is 5.15 Å². The highest BCUT2D eigenvalue weighted by Gasteiger charge is 2.17. The minimum atomic E-state index is -0.677. The standard InChI is InChI=1S/C13H9ClFN3O3/c1-7-4-8(15)2-3-11(7)17-13(19)10-5-9(18(20)21)6-16-12(10)14/h2-6H,1H3,(H,17,19). The highest BCUT2D eigenvalue weighted by Crippen LogP contribution is 2.22. The lowest BCUT2D eigenvalue weighted by atomic mass is 10.2. The molecule has 1 amide bonds. The van der Waals surface area contributed by atoms with Gasteiger partial charge in [-0.1, -0.05) is 11.6 Å². The van der Waals surface area contributed by atoms with Crippen LogP contribution >= 0.6 is 11.6 Å². The first-order valence-corrected chi connectivity index (χ1v) is 6.13. The Morgan fingerprint density at radius 3 is 2.76 bits per heavy atom. The fourth-order valence-corrected chi connectivity index (χ4v) is 1.84. The van der Waals surface area contributed by atoms with Gasteiger partial charge in [-0.15, -0.1) is 0 Å². The first-order valence-electron chi connectivity index (χ1n) is 5.76. The van der Waals surface area contributed by atoms with Crippen molar-refractivity contribution >= 4 is 28.9 Å². The predicted molar refractivity (Wildman–Crippen MR) is 75.0 cm³/mol. The first-order chi connectivity index (χ1) is 9.88. The largest absolute Gasteiger partial charge is 0.322 e. The van der Waals surface area contributed by atoms with E-state index in [0.717, 1.165) is 12.3 Å². The molecule has 0 atom stereocenters. The van der Waals surface area contributed by atoms with Gasteiger partial charge in [0.05, 0.1) is 10.5 Å². The number of hydrogen-bond acceptors (Lipinski definition) is 4. The Balaban J connectivity index is 2.32. The number of anilines is 1. The molecule has 108 valence electrons. The summed E-state index contributed by atoms with van der Waals surface area (Å²) in [5, 5.41) is 13.0. The summed E-state index contributed by atoms with van der Waals surface area (Å²) in [5.74, 6) is -1.09. The average Bonchev–Trinajstić information content (AvgIpc) is 2.42. The summed E-state index contributed by atoms with van der Waals surface area (Å²) in [4.78, 5) is 25.7. The Morgan fingerprint density at radius 1 is 1.43 bits per heavy atom. The predicted octanol–water partition coefficient (Wildman–Crippen LogP) is 3.34. The van der Waals surface area contributed by atoms with Crippen molar-refractivity contribution in [3.8, 4) is 0 Å². The van der Waals surface area contributed by atoms with Crippen LogP contribution in [0.4, 0.5) is 15.8 Å². The Morgan fingerprint density at radius 2 is 2.14 bits per heavy atom.